The summed E-state index contributed by atoms with van der Waals surface area (Å²) in [6.45, 7) is 1.31. The number of nitrogens with one attached hydrogen (secondary N) is 1. The topological polar surface area (TPSA) is 78.8 Å². The summed E-state index contributed by atoms with van der Waals surface area (Å²) >= 11 is 12.2. The normalized spacial score (nSPS) is 11.8. The van der Waals surface area contributed by atoms with Gasteiger partial charge < -0.3 is 0 Å². The van der Waals surface area contributed by atoms with Gasteiger partial charge in [-0.25, -0.2) is 13.8 Å². The molecule has 0 spiro atoms. The molecule has 0 bridgehead atoms. The number of benzene rings is 3. The van der Waals surface area contributed by atoms with Crippen molar-refractivity contribution < 1.29 is 13.2 Å². The molecule has 0 fully saturated rings. The van der Waals surface area contributed by atoms with E-state index in [-0.39, 0.29) is 20.6 Å². The molecular weight excluding hydrogens is 481 g/mol. The highest BCUT2D eigenvalue weighted by Crippen LogP contribution is 2.29. The third-order valence-electron chi connectivity index (χ3n) is 4.74. The summed E-state index contributed by atoms with van der Waals surface area (Å²) in [5.41, 5.74) is 4.51. The fourth-order valence-corrected chi connectivity index (χ4v) is 5.01. The zero-order valence-electron chi connectivity index (χ0n) is 17.9. The van der Waals surface area contributed by atoms with Gasteiger partial charge in [0.2, 0.25) is 0 Å². The van der Waals surface area contributed by atoms with Crippen LogP contribution in [0.2, 0.25) is 10.0 Å². The molecule has 0 aliphatic rings. The molecule has 33 heavy (non-hydrogen) atoms. The molecule has 172 valence electrons. The van der Waals surface area contributed by atoms with E-state index >= 15 is 0 Å². The summed E-state index contributed by atoms with van der Waals surface area (Å²) in [5.74, 6) is -0.593. The van der Waals surface area contributed by atoms with E-state index < -0.39 is 22.5 Å². The van der Waals surface area contributed by atoms with Gasteiger partial charge >= 0.3 is 0 Å². The van der Waals surface area contributed by atoms with Crippen molar-refractivity contribution in [2.24, 2.45) is 5.10 Å². The van der Waals surface area contributed by atoms with Gasteiger partial charge in [-0.15, -0.1) is 0 Å². The Labute approximate surface area is 203 Å². The van der Waals surface area contributed by atoms with Crippen molar-refractivity contribution >= 4 is 50.5 Å². The first kappa shape index (κ1) is 24.8. The second kappa shape index (κ2) is 11.3. The fraction of sp³-hybridized carbons (Fsp3) is 0.167. The molecule has 9 heteroatoms. The Kier molecular flexibility index (Phi) is 8.49. The first-order chi connectivity index (χ1) is 15.8. The summed E-state index contributed by atoms with van der Waals surface area (Å²) in [4.78, 5) is 12.7. The highest BCUT2D eigenvalue weighted by molar-refractivity contribution is 7.92. The lowest BCUT2D eigenvalue weighted by molar-refractivity contribution is -0.119. The van der Waals surface area contributed by atoms with Crippen LogP contribution in [0.1, 0.15) is 18.9 Å². The van der Waals surface area contributed by atoms with E-state index in [1.54, 1.807) is 25.1 Å². The predicted molar refractivity (Wildman–Crippen MR) is 133 cm³/mol. The first-order valence-corrected chi connectivity index (χ1v) is 12.3. The molecular formula is C24H23Cl2N3O3S. The van der Waals surface area contributed by atoms with Gasteiger partial charge in [-0.1, -0.05) is 71.7 Å². The van der Waals surface area contributed by atoms with Gasteiger partial charge in [0, 0.05) is 15.8 Å². The molecule has 0 aliphatic carbocycles. The number of carbonyl (C=O) groups excluding carboxylic acids is 1. The van der Waals surface area contributed by atoms with Crippen LogP contribution in [-0.4, -0.2) is 26.6 Å². The van der Waals surface area contributed by atoms with Crippen molar-refractivity contribution in [1.29, 1.82) is 0 Å². The second-order valence-corrected chi connectivity index (χ2v) is 10.1. The summed E-state index contributed by atoms with van der Waals surface area (Å²) in [6.07, 6.45) is 1.43. The maximum Gasteiger partial charge on any atom is 0.264 e. The van der Waals surface area contributed by atoms with Gasteiger partial charge in [-0.05, 0) is 55.7 Å². The number of hydrogen-bond donors (Lipinski definition) is 1. The lowest BCUT2D eigenvalue weighted by atomic mass is 10.1. The average Bonchev–Trinajstić information content (AvgIpc) is 2.80. The fourth-order valence-electron chi connectivity index (χ4n) is 3.07. The number of halogens is 2. The van der Waals surface area contributed by atoms with Gasteiger partial charge in [-0.3, -0.25) is 9.10 Å². The van der Waals surface area contributed by atoms with E-state index in [0.29, 0.717) is 6.42 Å². The molecule has 0 unspecified atom stereocenters. The molecule has 1 amide bonds. The monoisotopic (exact) mass is 503 g/mol. The van der Waals surface area contributed by atoms with Gasteiger partial charge in [0.1, 0.15) is 6.54 Å². The van der Waals surface area contributed by atoms with Crippen LogP contribution in [-0.2, 0) is 21.2 Å². The minimum atomic E-state index is -4.06. The lowest BCUT2D eigenvalue weighted by Crippen LogP contribution is -2.39. The number of hydrazone groups is 1. The Morgan fingerprint density at radius 1 is 0.939 bits per heavy atom. The Balaban J connectivity index is 1.77. The van der Waals surface area contributed by atoms with Crippen molar-refractivity contribution in [2.75, 3.05) is 10.8 Å². The zero-order chi connectivity index (χ0) is 23.8. The van der Waals surface area contributed by atoms with E-state index in [9.17, 15) is 13.2 Å². The molecule has 3 rings (SSSR count). The highest BCUT2D eigenvalue weighted by Gasteiger charge is 2.27. The Morgan fingerprint density at radius 2 is 1.52 bits per heavy atom. The lowest BCUT2D eigenvalue weighted by Gasteiger charge is -2.24. The van der Waals surface area contributed by atoms with Crippen LogP contribution in [0.3, 0.4) is 0 Å². The zero-order valence-corrected chi connectivity index (χ0v) is 20.2. The molecule has 0 radical (unpaired) electrons. The van der Waals surface area contributed by atoms with Crippen LogP contribution in [0.25, 0.3) is 0 Å². The Hall–Kier alpha value is -2.87. The minimum absolute atomic E-state index is 0.0384. The van der Waals surface area contributed by atoms with Gasteiger partial charge in [-0.2, -0.15) is 5.10 Å². The van der Waals surface area contributed by atoms with E-state index in [1.807, 2.05) is 30.3 Å². The molecule has 6 nitrogen and oxygen atoms in total. The molecule has 3 aromatic rings. The number of rotatable bonds is 9. The smallest absolute Gasteiger partial charge is 0.264 e. The Bertz CT molecular complexity index is 1210. The summed E-state index contributed by atoms with van der Waals surface area (Å²) < 4.78 is 27.6. The van der Waals surface area contributed by atoms with Crippen molar-refractivity contribution in [3.63, 3.8) is 0 Å². The van der Waals surface area contributed by atoms with Crippen molar-refractivity contribution in [1.82, 2.24) is 5.43 Å². The number of nitrogens with zero attached hydrogens (tertiary/aromatic N) is 2. The summed E-state index contributed by atoms with van der Waals surface area (Å²) in [5, 5.41) is 4.62. The quantitative estimate of drug-likeness (QED) is 0.317. The molecule has 0 saturated heterocycles. The summed E-state index contributed by atoms with van der Waals surface area (Å²) in [6, 6.07) is 22.1. The van der Waals surface area contributed by atoms with Crippen LogP contribution >= 0.6 is 23.2 Å². The summed E-state index contributed by atoms with van der Waals surface area (Å²) in [7, 11) is -4.06. The molecule has 1 N–H and O–H groups in total. The minimum Gasteiger partial charge on any atom is -0.271 e. The molecule has 0 aliphatic heterocycles. The molecule has 0 aromatic heterocycles. The molecule has 0 atom stereocenters. The van der Waals surface area contributed by atoms with Gasteiger partial charge in [0.15, 0.2) is 0 Å². The van der Waals surface area contributed by atoms with Crippen LogP contribution in [0.4, 0.5) is 5.69 Å². The third-order valence-corrected chi connectivity index (χ3v) is 6.97. The number of aryl methyl sites for hydroxylation is 1. The number of amides is 1. The van der Waals surface area contributed by atoms with Gasteiger partial charge in [0.05, 0.1) is 10.6 Å². The second-order valence-electron chi connectivity index (χ2n) is 7.32. The largest absolute Gasteiger partial charge is 0.271 e. The van der Waals surface area contributed by atoms with Crippen molar-refractivity contribution in [3.8, 4) is 0 Å². The molecule has 3 aromatic carbocycles. The van der Waals surface area contributed by atoms with Crippen molar-refractivity contribution in [2.45, 2.75) is 24.7 Å². The maximum atomic E-state index is 13.3. The van der Waals surface area contributed by atoms with Gasteiger partial charge in [0.25, 0.3) is 15.9 Å². The number of carbonyl (C=O) groups is 1. The number of hydrogen-bond acceptors (Lipinski definition) is 4. The Morgan fingerprint density at radius 3 is 2.12 bits per heavy atom. The van der Waals surface area contributed by atoms with Crippen LogP contribution in [0.5, 0.6) is 0 Å². The van der Waals surface area contributed by atoms with Crippen LogP contribution in [0, 0.1) is 0 Å². The number of sulfonamides is 1. The number of anilines is 1. The van der Waals surface area contributed by atoms with E-state index in [2.05, 4.69) is 10.5 Å². The predicted octanol–water partition coefficient (Wildman–Crippen LogP) is 5.31. The first-order valence-electron chi connectivity index (χ1n) is 10.2. The average molecular weight is 504 g/mol. The highest BCUT2D eigenvalue weighted by atomic mass is 35.5. The van der Waals surface area contributed by atoms with Crippen molar-refractivity contribution in [3.05, 3.63) is 94.5 Å². The third kappa shape index (κ3) is 7.05. The van der Waals surface area contributed by atoms with Crippen LogP contribution < -0.4 is 9.73 Å². The van der Waals surface area contributed by atoms with Crippen LogP contribution in [0.15, 0.2) is 88.9 Å². The maximum absolute atomic E-state index is 13.3. The standard InChI is InChI=1S/C24H23Cl2N3O3S/c1-18(12-13-19-8-4-2-5-9-19)27-28-24(30)17-29(22-15-20(25)14-21(26)16-22)33(31,32)23-10-6-3-7-11-23/h2-11,14-16H,12-13,17H2,1H3,(H,28,30)/b27-18-. The SMILES string of the molecule is C/C(CCc1ccccc1)=N/NC(=O)CN(c1cc(Cl)cc(Cl)c1)S(=O)(=O)c1ccccc1. The molecule has 0 saturated carbocycles. The van der Waals surface area contributed by atoms with E-state index in [4.69, 9.17) is 23.2 Å². The molecule has 0 heterocycles. The van der Waals surface area contributed by atoms with E-state index in [1.165, 1.54) is 30.3 Å². The van der Waals surface area contributed by atoms with E-state index in [0.717, 1.165) is 22.0 Å².